The summed E-state index contributed by atoms with van der Waals surface area (Å²) >= 11 is 1.72. The van der Waals surface area contributed by atoms with Gasteiger partial charge in [0.2, 0.25) is 0 Å². The highest BCUT2D eigenvalue weighted by Crippen LogP contribution is 2.37. The predicted molar refractivity (Wildman–Crippen MR) is 74.0 cm³/mol. The van der Waals surface area contributed by atoms with Crippen molar-refractivity contribution in [1.82, 2.24) is 14.7 Å². The summed E-state index contributed by atoms with van der Waals surface area (Å²) in [5.41, 5.74) is 1.28. The van der Waals surface area contributed by atoms with Gasteiger partial charge in [-0.15, -0.1) is 11.3 Å². The summed E-state index contributed by atoms with van der Waals surface area (Å²) in [6, 6.07) is 0.851. The van der Waals surface area contributed by atoms with E-state index < -0.39 is 0 Å². The van der Waals surface area contributed by atoms with Crippen LogP contribution in [0.1, 0.15) is 31.4 Å². The van der Waals surface area contributed by atoms with Crippen LogP contribution >= 0.6 is 11.3 Å². The summed E-state index contributed by atoms with van der Waals surface area (Å²) in [5.74, 6) is 1.76. The third-order valence-electron chi connectivity index (χ3n) is 4.44. The molecule has 2 atom stereocenters. The Kier molecular flexibility index (Phi) is 2.66. The van der Waals surface area contributed by atoms with Gasteiger partial charge >= 0.3 is 0 Å². The van der Waals surface area contributed by atoms with Crippen LogP contribution in [0, 0.1) is 11.8 Å². The molecule has 0 aromatic carbocycles. The minimum atomic E-state index is 0.851. The number of aromatic nitrogens is 2. The molecule has 2 aliphatic rings. The van der Waals surface area contributed by atoms with Gasteiger partial charge in [-0.3, -0.25) is 4.40 Å². The second kappa shape index (κ2) is 4.35. The van der Waals surface area contributed by atoms with Gasteiger partial charge in [-0.2, -0.15) is 0 Å². The SMILES string of the molecule is c1cn2cc(CC3CCC3CNC3CC3)nc2s1. The highest BCUT2D eigenvalue weighted by molar-refractivity contribution is 7.15. The van der Waals surface area contributed by atoms with E-state index in [1.807, 2.05) is 0 Å². The number of hydrogen-bond donors (Lipinski definition) is 1. The molecule has 0 aliphatic heterocycles. The van der Waals surface area contributed by atoms with E-state index >= 15 is 0 Å². The van der Waals surface area contributed by atoms with Crippen LogP contribution in [0.2, 0.25) is 0 Å². The molecule has 3 nitrogen and oxygen atoms in total. The molecule has 2 aliphatic carbocycles. The molecule has 2 aromatic heterocycles. The van der Waals surface area contributed by atoms with Crippen LogP contribution in [0.4, 0.5) is 0 Å². The molecule has 0 spiro atoms. The fourth-order valence-corrected chi connectivity index (χ4v) is 3.64. The fraction of sp³-hybridized carbons (Fsp3) is 0.643. The van der Waals surface area contributed by atoms with E-state index in [1.54, 1.807) is 11.3 Å². The molecule has 96 valence electrons. The Labute approximate surface area is 111 Å². The van der Waals surface area contributed by atoms with Crippen molar-refractivity contribution in [3.05, 3.63) is 23.5 Å². The van der Waals surface area contributed by atoms with E-state index in [1.165, 1.54) is 44.3 Å². The molecular weight excluding hydrogens is 242 g/mol. The first kappa shape index (κ1) is 11.0. The maximum absolute atomic E-state index is 4.70. The summed E-state index contributed by atoms with van der Waals surface area (Å²) in [4.78, 5) is 5.83. The number of thiazole rings is 1. The van der Waals surface area contributed by atoms with E-state index in [4.69, 9.17) is 4.98 Å². The third kappa shape index (κ3) is 2.08. The number of imidazole rings is 1. The van der Waals surface area contributed by atoms with Gasteiger partial charge in [0.25, 0.3) is 0 Å². The van der Waals surface area contributed by atoms with Crippen LogP contribution < -0.4 is 5.32 Å². The monoisotopic (exact) mass is 261 g/mol. The first-order chi connectivity index (χ1) is 8.88. The Morgan fingerprint density at radius 1 is 1.28 bits per heavy atom. The molecule has 18 heavy (non-hydrogen) atoms. The molecule has 0 saturated heterocycles. The predicted octanol–water partition coefficient (Wildman–Crippen LogP) is 2.72. The Hall–Kier alpha value is -0.870. The van der Waals surface area contributed by atoms with Gasteiger partial charge in [-0.25, -0.2) is 4.98 Å². The van der Waals surface area contributed by atoms with Crippen molar-refractivity contribution in [2.24, 2.45) is 11.8 Å². The average Bonchev–Trinajstić information content (AvgIpc) is 2.92. The third-order valence-corrected chi connectivity index (χ3v) is 5.21. The van der Waals surface area contributed by atoms with Crippen molar-refractivity contribution in [1.29, 1.82) is 0 Å². The Bertz CT molecular complexity index is 511. The zero-order valence-corrected chi connectivity index (χ0v) is 11.3. The van der Waals surface area contributed by atoms with Crippen molar-refractivity contribution in [2.75, 3.05) is 6.54 Å². The average molecular weight is 261 g/mol. The zero-order valence-electron chi connectivity index (χ0n) is 10.5. The normalized spacial score (nSPS) is 27.6. The van der Waals surface area contributed by atoms with E-state index in [0.29, 0.717) is 0 Å². The van der Waals surface area contributed by atoms with Crippen LogP contribution in [0.15, 0.2) is 17.8 Å². The summed E-state index contributed by atoms with van der Waals surface area (Å²) < 4.78 is 2.15. The fourth-order valence-electron chi connectivity index (χ4n) is 2.92. The lowest BCUT2D eigenvalue weighted by molar-refractivity contribution is 0.169. The zero-order chi connectivity index (χ0) is 11.9. The molecule has 2 fully saturated rings. The van der Waals surface area contributed by atoms with Gasteiger partial charge in [-0.05, 0) is 50.5 Å². The Morgan fingerprint density at radius 3 is 2.89 bits per heavy atom. The lowest BCUT2D eigenvalue weighted by Gasteiger charge is -2.36. The first-order valence-corrected chi connectivity index (χ1v) is 7.91. The minimum absolute atomic E-state index is 0.851. The molecule has 0 bridgehead atoms. The molecule has 2 aromatic rings. The molecule has 4 heteroatoms. The minimum Gasteiger partial charge on any atom is -0.314 e. The summed E-state index contributed by atoms with van der Waals surface area (Å²) in [6.45, 7) is 1.23. The number of fused-ring (bicyclic) bond motifs is 1. The molecular formula is C14H19N3S. The number of hydrogen-bond acceptors (Lipinski definition) is 3. The van der Waals surface area contributed by atoms with Gasteiger partial charge in [-0.1, -0.05) is 0 Å². The molecule has 0 amide bonds. The summed E-state index contributed by atoms with van der Waals surface area (Å²) in [6.07, 6.45) is 11.1. The number of nitrogens with one attached hydrogen (secondary N) is 1. The van der Waals surface area contributed by atoms with Crippen LogP contribution in [0.5, 0.6) is 0 Å². The first-order valence-electron chi connectivity index (χ1n) is 7.03. The van der Waals surface area contributed by atoms with Crippen LogP contribution in [-0.4, -0.2) is 22.0 Å². The van der Waals surface area contributed by atoms with Gasteiger partial charge in [0.05, 0.1) is 5.69 Å². The number of nitrogens with zero attached hydrogens (tertiary/aromatic N) is 2. The van der Waals surface area contributed by atoms with E-state index in [9.17, 15) is 0 Å². The maximum atomic E-state index is 4.70. The highest BCUT2D eigenvalue weighted by Gasteiger charge is 2.32. The quantitative estimate of drug-likeness (QED) is 0.896. The molecule has 1 N–H and O–H groups in total. The Morgan fingerprint density at radius 2 is 2.17 bits per heavy atom. The Balaban J connectivity index is 1.37. The van der Waals surface area contributed by atoms with Crippen LogP contribution in [0.3, 0.4) is 0 Å². The van der Waals surface area contributed by atoms with Crippen molar-refractivity contribution in [3.8, 4) is 0 Å². The molecule has 2 heterocycles. The van der Waals surface area contributed by atoms with Crippen molar-refractivity contribution in [2.45, 2.75) is 38.1 Å². The largest absolute Gasteiger partial charge is 0.314 e. The van der Waals surface area contributed by atoms with E-state index in [2.05, 4.69) is 27.5 Å². The summed E-state index contributed by atoms with van der Waals surface area (Å²) in [5, 5.41) is 5.77. The maximum Gasteiger partial charge on any atom is 0.193 e. The highest BCUT2D eigenvalue weighted by atomic mass is 32.1. The second-order valence-electron chi connectivity index (χ2n) is 5.81. The molecule has 2 unspecified atom stereocenters. The van der Waals surface area contributed by atoms with Gasteiger partial charge in [0.1, 0.15) is 0 Å². The van der Waals surface area contributed by atoms with Crippen LogP contribution in [-0.2, 0) is 6.42 Å². The standard InChI is InChI=1S/C14H19N3S/c1-2-11(8-15-12-3-4-12)10(1)7-13-9-17-5-6-18-14(17)16-13/h5-6,9-12,15H,1-4,7-8H2. The van der Waals surface area contributed by atoms with E-state index in [0.717, 1.165) is 22.8 Å². The summed E-state index contributed by atoms with van der Waals surface area (Å²) in [7, 11) is 0. The second-order valence-corrected chi connectivity index (χ2v) is 6.68. The topological polar surface area (TPSA) is 29.3 Å². The molecule has 4 rings (SSSR count). The lowest BCUT2D eigenvalue weighted by atomic mass is 9.71. The van der Waals surface area contributed by atoms with Crippen molar-refractivity contribution >= 4 is 16.3 Å². The molecule has 0 radical (unpaired) electrons. The number of rotatable bonds is 5. The van der Waals surface area contributed by atoms with Crippen LogP contribution in [0.25, 0.3) is 4.96 Å². The van der Waals surface area contributed by atoms with Crippen molar-refractivity contribution < 1.29 is 0 Å². The van der Waals surface area contributed by atoms with Crippen molar-refractivity contribution in [3.63, 3.8) is 0 Å². The van der Waals surface area contributed by atoms with Gasteiger partial charge in [0, 0.05) is 23.8 Å². The lowest BCUT2D eigenvalue weighted by Crippen LogP contribution is -2.37. The van der Waals surface area contributed by atoms with Gasteiger partial charge in [0.15, 0.2) is 4.96 Å². The van der Waals surface area contributed by atoms with Gasteiger partial charge < -0.3 is 5.32 Å². The smallest absolute Gasteiger partial charge is 0.193 e. The molecule has 2 saturated carbocycles. The van der Waals surface area contributed by atoms with E-state index in [-0.39, 0.29) is 0 Å².